The van der Waals surface area contributed by atoms with E-state index in [1.165, 1.54) is 6.26 Å². The Balaban J connectivity index is 2.53. The molecule has 1 aromatic heterocycles. The number of rotatable bonds is 1. The monoisotopic (exact) mass is 175 g/mol. The first-order valence-electron chi connectivity index (χ1n) is 3.88. The lowest BCUT2D eigenvalue weighted by molar-refractivity contribution is 0.475. The first-order valence-corrected chi connectivity index (χ1v) is 3.88. The lowest BCUT2D eigenvalue weighted by Gasteiger charge is -1.98. The van der Waals surface area contributed by atoms with E-state index < -0.39 is 0 Å². The van der Waals surface area contributed by atoms with Gasteiger partial charge in [-0.2, -0.15) is 0 Å². The molecule has 3 heteroatoms. The number of hydrogen-bond acceptors (Lipinski definition) is 3. The summed E-state index contributed by atoms with van der Waals surface area (Å²) < 4.78 is 4.93. The van der Waals surface area contributed by atoms with Crippen molar-refractivity contribution in [3.8, 4) is 16.9 Å². The molecule has 0 unspecified atom stereocenters. The molecule has 0 aliphatic rings. The molecule has 2 aromatic rings. The molecule has 1 aromatic carbocycles. The van der Waals surface area contributed by atoms with Gasteiger partial charge in [-0.3, -0.25) is 0 Å². The largest absolute Gasteiger partial charge is 0.508 e. The van der Waals surface area contributed by atoms with Gasteiger partial charge in [0, 0.05) is 5.56 Å². The lowest BCUT2D eigenvalue weighted by atomic mass is 10.1. The van der Waals surface area contributed by atoms with E-state index in [-0.39, 0.29) is 5.75 Å². The minimum Gasteiger partial charge on any atom is -0.508 e. The Morgan fingerprint density at radius 1 is 1.23 bits per heavy atom. The Hall–Kier alpha value is -1.90. The molecular weight excluding hydrogens is 166 g/mol. The predicted octanol–water partition coefficient (Wildman–Crippen LogP) is 2.23. The number of nitrogen functional groups attached to an aromatic ring is 1. The van der Waals surface area contributed by atoms with Crippen molar-refractivity contribution < 1.29 is 9.52 Å². The fourth-order valence-corrected chi connectivity index (χ4v) is 1.22. The molecule has 0 atom stereocenters. The van der Waals surface area contributed by atoms with E-state index in [1.54, 1.807) is 24.5 Å². The zero-order chi connectivity index (χ0) is 9.26. The Labute approximate surface area is 75.4 Å². The molecule has 0 saturated heterocycles. The molecule has 1 heterocycles. The molecule has 0 aliphatic heterocycles. The van der Waals surface area contributed by atoms with Crippen molar-refractivity contribution in [1.82, 2.24) is 0 Å². The van der Waals surface area contributed by atoms with Crippen LogP contribution in [0.25, 0.3) is 11.1 Å². The highest BCUT2D eigenvalue weighted by Gasteiger charge is 2.04. The van der Waals surface area contributed by atoms with Crippen molar-refractivity contribution in [2.45, 2.75) is 0 Å². The number of aromatic hydroxyl groups is 1. The summed E-state index contributed by atoms with van der Waals surface area (Å²) in [5.74, 6) is 0.220. The fraction of sp³-hybridized carbons (Fsp3) is 0. The van der Waals surface area contributed by atoms with Gasteiger partial charge in [-0.1, -0.05) is 12.1 Å². The summed E-state index contributed by atoms with van der Waals surface area (Å²) in [5, 5.41) is 9.23. The van der Waals surface area contributed by atoms with Gasteiger partial charge in [0.25, 0.3) is 0 Å². The highest BCUT2D eigenvalue weighted by atomic mass is 16.3. The summed E-state index contributed by atoms with van der Waals surface area (Å²) >= 11 is 0. The van der Waals surface area contributed by atoms with Gasteiger partial charge < -0.3 is 15.3 Å². The maximum Gasteiger partial charge on any atom is 0.116 e. The normalized spacial score (nSPS) is 10.2. The van der Waals surface area contributed by atoms with Gasteiger partial charge in [0.05, 0.1) is 5.69 Å². The third kappa shape index (κ3) is 1.36. The quantitative estimate of drug-likeness (QED) is 0.698. The number of nitrogens with two attached hydrogens (primary N) is 1. The van der Waals surface area contributed by atoms with Gasteiger partial charge in [-0.25, -0.2) is 0 Å². The van der Waals surface area contributed by atoms with Crippen LogP contribution < -0.4 is 5.73 Å². The average molecular weight is 175 g/mol. The van der Waals surface area contributed by atoms with Gasteiger partial charge in [0.2, 0.25) is 0 Å². The molecule has 0 aliphatic carbocycles. The molecule has 3 nitrogen and oxygen atoms in total. The summed E-state index contributed by atoms with van der Waals surface area (Å²) in [6.07, 6.45) is 3.03. The first kappa shape index (κ1) is 7.73. The zero-order valence-corrected chi connectivity index (χ0v) is 6.90. The highest BCUT2D eigenvalue weighted by Crippen LogP contribution is 2.28. The molecule has 0 spiro atoms. The maximum atomic E-state index is 9.23. The second kappa shape index (κ2) is 2.86. The third-order valence-corrected chi connectivity index (χ3v) is 1.85. The van der Waals surface area contributed by atoms with Crippen LogP contribution in [0.4, 0.5) is 5.69 Å². The van der Waals surface area contributed by atoms with Crippen molar-refractivity contribution in [3.63, 3.8) is 0 Å². The molecule has 66 valence electrons. The Kier molecular flexibility index (Phi) is 1.70. The van der Waals surface area contributed by atoms with Crippen molar-refractivity contribution in [1.29, 1.82) is 0 Å². The number of anilines is 1. The summed E-state index contributed by atoms with van der Waals surface area (Å²) in [6.45, 7) is 0. The van der Waals surface area contributed by atoms with Crippen LogP contribution in [0.5, 0.6) is 5.75 Å². The van der Waals surface area contributed by atoms with Crippen LogP contribution in [0.2, 0.25) is 0 Å². The summed E-state index contributed by atoms with van der Waals surface area (Å²) in [7, 11) is 0. The first-order chi connectivity index (χ1) is 6.27. The van der Waals surface area contributed by atoms with Crippen LogP contribution in [0, 0.1) is 0 Å². The van der Waals surface area contributed by atoms with E-state index in [4.69, 9.17) is 10.2 Å². The molecule has 0 radical (unpaired) electrons. The van der Waals surface area contributed by atoms with Crippen molar-refractivity contribution in [3.05, 3.63) is 36.8 Å². The van der Waals surface area contributed by atoms with E-state index in [9.17, 15) is 5.11 Å². The molecular formula is C10H9NO2. The molecule has 3 N–H and O–H groups in total. The summed E-state index contributed by atoms with van der Waals surface area (Å²) in [6, 6.07) is 6.87. The smallest absolute Gasteiger partial charge is 0.116 e. The minimum atomic E-state index is 0.220. The van der Waals surface area contributed by atoms with Crippen LogP contribution >= 0.6 is 0 Å². The van der Waals surface area contributed by atoms with Crippen LogP contribution in [0.15, 0.2) is 41.2 Å². The number of phenolic OH excluding ortho intramolecular Hbond substituents is 1. The van der Waals surface area contributed by atoms with E-state index >= 15 is 0 Å². The van der Waals surface area contributed by atoms with E-state index in [0.717, 1.165) is 11.1 Å². The minimum absolute atomic E-state index is 0.220. The molecule has 0 amide bonds. The molecule has 0 saturated carbocycles. The van der Waals surface area contributed by atoms with Crippen molar-refractivity contribution in [2.75, 3.05) is 5.73 Å². The van der Waals surface area contributed by atoms with Crippen molar-refractivity contribution in [2.24, 2.45) is 0 Å². The Morgan fingerprint density at radius 3 is 2.69 bits per heavy atom. The van der Waals surface area contributed by atoms with Crippen LogP contribution in [0.3, 0.4) is 0 Å². The lowest BCUT2D eigenvalue weighted by Crippen LogP contribution is -1.83. The number of phenols is 1. The van der Waals surface area contributed by atoms with E-state index in [1.807, 2.05) is 6.07 Å². The van der Waals surface area contributed by atoms with E-state index in [2.05, 4.69) is 0 Å². The standard InChI is InChI=1S/C10H9NO2/c11-10-6-13-5-9(10)7-2-1-3-8(12)4-7/h1-6,12H,11H2. The van der Waals surface area contributed by atoms with Gasteiger partial charge in [0.15, 0.2) is 0 Å². The molecule has 13 heavy (non-hydrogen) atoms. The topological polar surface area (TPSA) is 59.4 Å². The summed E-state index contributed by atoms with van der Waals surface area (Å²) in [5.41, 5.74) is 7.88. The highest BCUT2D eigenvalue weighted by molar-refractivity contribution is 5.75. The fourth-order valence-electron chi connectivity index (χ4n) is 1.22. The van der Waals surface area contributed by atoms with Gasteiger partial charge in [0.1, 0.15) is 18.3 Å². The zero-order valence-electron chi connectivity index (χ0n) is 6.90. The maximum absolute atomic E-state index is 9.23. The second-order valence-electron chi connectivity index (χ2n) is 2.79. The molecule has 0 fully saturated rings. The van der Waals surface area contributed by atoms with Gasteiger partial charge >= 0.3 is 0 Å². The second-order valence-corrected chi connectivity index (χ2v) is 2.79. The Morgan fingerprint density at radius 2 is 2.08 bits per heavy atom. The van der Waals surface area contributed by atoms with E-state index in [0.29, 0.717) is 5.69 Å². The van der Waals surface area contributed by atoms with Gasteiger partial charge in [-0.05, 0) is 17.7 Å². The van der Waals surface area contributed by atoms with Crippen LogP contribution in [-0.2, 0) is 0 Å². The number of furan rings is 1. The van der Waals surface area contributed by atoms with Crippen molar-refractivity contribution >= 4 is 5.69 Å². The number of benzene rings is 1. The summed E-state index contributed by atoms with van der Waals surface area (Å²) in [4.78, 5) is 0. The predicted molar refractivity (Wildman–Crippen MR) is 50.2 cm³/mol. The molecule has 0 bridgehead atoms. The van der Waals surface area contributed by atoms with Gasteiger partial charge in [-0.15, -0.1) is 0 Å². The van der Waals surface area contributed by atoms with Crippen LogP contribution in [-0.4, -0.2) is 5.11 Å². The average Bonchev–Trinajstić information content (AvgIpc) is 2.51. The number of hydrogen-bond donors (Lipinski definition) is 2. The van der Waals surface area contributed by atoms with Crippen LogP contribution in [0.1, 0.15) is 0 Å². The SMILES string of the molecule is Nc1cocc1-c1cccc(O)c1. The third-order valence-electron chi connectivity index (χ3n) is 1.85. The molecule has 2 rings (SSSR count). The Bertz CT molecular complexity index is 420.